The van der Waals surface area contributed by atoms with Crippen molar-refractivity contribution in [2.45, 2.75) is 91.0 Å². The molecule has 3 aliphatic rings. The molecular weight excluding hydrogens is 583 g/mol. The minimum Gasteiger partial charge on any atom is -0.377 e. The predicted octanol–water partition coefficient (Wildman–Crippen LogP) is 5.30. The minimum absolute atomic E-state index is 0.0124. The van der Waals surface area contributed by atoms with Crippen molar-refractivity contribution < 1.29 is 27.1 Å². The molecule has 0 aromatic heterocycles. The molecule has 9 nitrogen and oxygen atoms in total. The number of carbonyl (C=O) groups is 2. The van der Waals surface area contributed by atoms with Gasteiger partial charge < -0.3 is 15.0 Å². The molecule has 1 spiro atoms. The number of nitrogens with one attached hydrogen (secondary N) is 1. The topological polar surface area (TPSA) is 108 Å². The smallest absolute Gasteiger partial charge is 0.253 e. The maximum Gasteiger partial charge on any atom is 0.253 e. The number of hydrogen-bond donors (Lipinski definition) is 1. The van der Waals surface area contributed by atoms with Gasteiger partial charge in [-0.1, -0.05) is 26.2 Å². The number of unbranched alkanes of at least 4 members (excludes halogenated alkanes) is 1. The molecule has 0 atom stereocenters. The lowest BCUT2D eigenvalue weighted by Crippen LogP contribution is -2.50. The van der Waals surface area contributed by atoms with Gasteiger partial charge in [-0.05, 0) is 93.2 Å². The van der Waals surface area contributed by atoms with E-state index in [1.807, 2.05) is 26.0 Å². The molecule has 1 saturated carbocycles. The van der Waals surface area contributed by atoms with Crippen LogP contribution in [-0.4, -0.2) is 75.4 Å². The Morgan fingerprint density at radius 1 is 1.16 bits per heavy atom. The Morgan fingerprint density at radius 2 is 1.82 bits per heavy atom. The van der Waals surface area contributed by atoms with Gasteiger partial charge >= 0.3 is 0 Å². The summed E-state index contributed by atoms with van der Waals surface area (Å²) >= 11 is 0. The van der Waals surface area contributed by atoms with Gasteiger partial charge in [0.05, 0.1) is 13.2 Å². The molecule has 2 amide bonds. The molecule has 4 rings (SSSR count). The van der Waals surface area contributed by atoms with Crippen molar-refractivity contribution >= 4 is 39.4 Å². The molecule has 244 valence electrons. The summed E-state index contributed by atoms with van der Waals surface area (Å²) in [4.78, 5) is 31.9. The summed E-state index contributed by atoms with van der Waals surface area (Å²) in [5.74, 6) is 1.62. The highest BCUT2D eigenvalue weighted by Crippen LogP contribution is 2.37. The minimum atomic E-state index is -3.72. The van der Waals surface area contributed by atoms with Gasteiger partial charge in [0, 0.05) is 43.6 Å². The molecule has 1 aromatic rings. The monoisotopic (exact) mass is 632 g/mol. The van der Waals surface area contributed by atoms with E-state index in [2.05, 4.69) is 12.2 Å². The van der Waals surface area contributed by atoms with Gasteiger partial charge in [-0.2, -0.15) is 4.31 Å². The van der Waals surface area contributed by atoms with Crippen LogP contribution < -0.4 is 10.2 Å². The maximum atomic E-state index is 13.3. The van der Waals surface area contributed by atoms with Gasteiger partial charge in [0.15, 0.2) is 0 Å². The van der Waals surface area contributed by atoms with E-state index in [-0.39, 0.29) is 50.6 Å². The molecule has 2 aliphatic heterocycles. The number of hydrogen-bond acceptors (Lipinski definition) is 6. The van der Waals surface area contributed by atoms with Gasteiger partial charge in [0.2, 0.25) is 15.9 Å². The summed E-state index contributed by atoms with van der Waals surface area (Å²) in [5, 5.41) is 4.30. The quantitative estimate of drug-likeness (QED) is 0.297. The number of aryl methyl sites for hydroxylation is 2. The van der Waals surface area contributed by atoms with Crippen LogP contribution in [0.1, 0.15) is 88.3 Å². The summed E-state index contributed by atoms with van der Waals surface area (Å²) in [6, 6.07) is 3.68. The van der Waals surface area contributed by atoms with Crippen LogP contribution in [0, 0.1) is 25.7 Å². The number of ether oxygens (including phenoxy) is 1. The number of anilines is 1. The molecule has 1 aliphatic carbocycles. The van der Waals surface area contributed by atoms with E-state index in [1.165, 1.54) is 48.7 Å². The zero-order valence-electron chi connectivity index (χ0n) is 26.7. The van der Waals surface area contributed by atoms with Crippen LogP contribution in [-0.2, 0) is 24.3 Å². The highest BCUT2D eigenvalue weighted by Gasteiger charge is 2.48. The van der Waals surface area contributed by atoms with E-state index in [1.54, 1.807) is 11.0 Å². The molecule has 2 heterocycles. The summed E-state index contributed by atoms with van der Waals surface area (Å²) in [5.41, 5.74) is 2.22. The largest absolute Gasteiger partial charge is 0.377 e. The first-order chi connectivity index (χ1) is 21.0. The SMILES string of the molecule is CCCCC1CCC(C2=NC3(CCN(S(=O)(=O)/C=C/c4c(C)cc(N(CCOCCF)C(C)=O)cc4C)CC3)C(=O)N2)CC1. The zero-order chi connectivity index (χ0) is 31.9. The summed E-state index contributed by atoms with van der Waals surface area (Å²) in [7, 11) is -3.72. The van der Waals surface area contributed by atoms with E-state index in [9.17, 15) is 22.4 Å². The molecule has 0 radical (unpaired) electrons. The highest BCUT2D eigenvalue weighted by atomic mass is 32.2. The van der Waals surface area contributed by atoms with Gasteiger partial charge in [-0.3, -0.25) is 14.6 Å². The second-order valence-corrected chi connectivity index (χ2v) is 14.4. The molecule has 0 unspecified atom stereocenters. The Kier molecular flexibility index (Phi) is 11.8. The summed E-state index contributed by atoms with van der Waals surface area (Å²) < 4.78 is 45.6. The average molecular weight is 633 g/mol. The third-order valence-corrected chi connectivity index (χ3v) is 11.0. The van der Waals surface area contributed by atoms with Crippen molar-refractivity contribution in [1.82, 2.24) is 9.62 Å². The molecule has 1 N–H and O–H groups in total. The lowest BCUT2D eigenvalue weighted by atomic mass is 9.79. The molecule has 1 aromatic carbocycles. The lowest BCUT2D eigenvalue weighted by molar-refractivity contribution is -0.125. The number of sulfonamides is 1. The third-order valence-electron chi connectivity index (χ3n) is 9.47. The second-order valence-electron chi connectivity index (χ2n) is 12.6. The van der Waals surface area contributed by atoms with Crippen LogP contribution in [0.4, 0.5) is 10.1 Å². The fraction of sp³-hybridized carbons (Fsp3) is 0.667. The Balaban J connectivity index is 1.38. The summed E-state index contributed by atoms with van der Waals surface area (Å²) in [6.45, 7) is 7.81. The van der Waals surface area contributed by atoms with Gasteiger partial charge in [0.25, 0.3) is 5.91 Å². The van der Waals surface area contributed by atoms with Crippen molar-refractivity contribution in [3.63, 3.8) is 0 Å². The number of piperidine rings is 1. The number of nitrogens with zero attached hydrogens (tertiary/aromatic N) is 3. The van der Waals surface area contributed by atoms with E-state index < -0.39 is 22.2 Å². The first-order valence-electron chi connectivity index (χ1n) is 16.1. The standard InChI is InChI=1S/C33H49FN4O5S/c1-5-6-7-27-8-10-28(11-9-27)31-35-32(40)33(36-31)13-16-37(17-14-33)44(41,42)21-12-30-24(2)22-29(23-25(30)3)38(26(4)39)18-20-43-19-15-34/h12,21-23,27-28H,5-11,13-20H2,1-4H3,(H,35,36,40)/b21-12+. The van der Waals surface area contributed by atoms with Crippen molar-refractivity contribution in [3.05, 3.63) is 34.2 Å². The van der Waals surface area contributed by atoms with Crippen molar-refractivity contribution in [1.29, 1.82) is 0 Å². The molecule has 44 heavy (non-hydrogen) atoms. The van der Waals surface area contributed by atoms with E-state index >= 15 is 0 Å². The van der Waals surface area contributed by atoms with E-state index in [0.29, 0.717) is 18.5 Å². The Bertz CT molecular complexity index is 1320. The highest BCUT2D eigenvalue weighted by molar-refractivity contribution is 7.92. The third kappa shape index (κ3) is 8.14. The Labute approximate surface area is 262 Å². The van der Waals surface area contributed by atoms with Crippen LogP contribution in [0.15, 0.2) is 22.5 Å². The van der Waals surface area contributed by atoms with Gasteiger partial charge in [-0.25, -0.2) is 12.8 Å². The van der Waals surface area contributed by atoms with E-state index in [4.69, 9.17) is 9.73 Å². The molecule has 1 saturated heterocycles. The van der Waals surface area contributed by atoms with Crippen LogP contribution in [0.5, 0.6) is 0 Å². The zero-order valence-corrected chi connectivity index (χ0v) is 27.6. The van der Waals surface area contributed by atoms with Gasteiger partial charge in [0.1, 0.15) is 18.0 Å². The average Bonchev–Trinajstić information content (AvgIpc) is 3.30. The van der Waals surface area contributed by atoms with Crippen molar-refractivity contribution in [2.24, 2.45) is 16.8 Å². The number of benzene rings is 1. The normalized spacial score (nSPS) is 22.4. The van der Waals surface area contributed by atoms with Crippen LogP contribution in [0.3, 0.4) is 0 Å². The molecule has 11 heteroatoms. The van der Waals surface area contributed by atoms with Crippen molar-refractivity contribution in [2.75, 3.05) is 44.4 Å². The van der Waals surface area contributed by atoms with Crippen molar-refractivity contribution in [3.8, 4) is 0 Å². The molecule has 0 bridgehead atoms. The lowest BCUT2D eigenvalue weighted by Gasteiger charge is -2.34. The van der Waals surface area contributed by atoms with Crippen LogP contribution in [0.25, 0.3) is 6.08 Å². The fourth-order valence-corrected chi connectivity index (χ4v) is 7.97. The fourth-order valence-electron chi connectivity index (χ4n) is 6.79. The van der Waals surface area contributed by atoms with Crippen LogP contribution >= 0.6 is 0 Å². The maximum absolute atomic E-state index is 13.3. The number of halogens is 1. The number of alkyl halides is 1. The Hall–Kier alpha value is -2.63. The van der Waals surface area contributed by atoms with E-state index in [0.717, 1.165) is 41.3 Å². The first-order valence-corrected chi connectivity index (χ1v) is 17.6. The molecular formula is C33H49FN4O5S. The second kappa shape index (κ2) is 15.1. The Morgan fingerprint density at radius 3 is 2.41 bits per heavy atom. The number of rotatable bonds is 13. The number of amidine groups is 1. The number of amides is 2. The predicted molar refractivity (Wildman–Crippen MR) is 173 cm³/mol. The van der Waals surface area contributed by atoms with Gasteiger partial charge in [-0.15, -0.1) is 0 Å². The first kappa shape index (κ1) is 34.2. The number of aliphatic imine (C=N–C) groups is 1. The number of carbonyl (C=O) groups excluding carboxylic acids is 2. The van der Waals surface area contributed by atoms with Crippen LogP contribution in [0.2, 0.25) is 0 Å². The molecule has 2 fully saturated rings. The summed E-state index contributed by atoms with van der Waals surface area (Å²) in [6.07, 6.45) is 10.6.